The number of phenolic OH excluding ortho intramolecular Hbond substituents is 1. The average molecular weight is 322 g/mol. The van der Waals surface area contributed by atoms with Gasteiger partial charge in [0.05, 0.1) is 5.56 Å². The Morgan fingerprint density at radius 1 is 1.38 bits per heavy atom. The van der Waals surface area contributed by atoms with Gasteiger partial charge in [0.2, 0.25) is 5.82 Å². The second-order valence-corrected chi connectivity index (χ2v) is 5.50. The second-order valence-electron chi connectivity index (χ2n) is 5.12. The monoisotopic (exact) mass is 321 g/mol. The molecular weight excluding hydrogens is 307 g/mol. The van der Waals surface area contributed by atoms with E-state index in [9.17, 15) is 23.1 Å². The van der Waals surface area contributed by atoms with E-state index in [-0.39, 0.29) is 5.92 Å². The van der Waals surface area contributed by atoms with Gasteiger partial charge in [0.1, 0.15) is 0 Å². The fourth-order valence-electron chi connectivity index (χ4n) is 2.56. The van der Waals surface area contributed by atoms with Gasteiger partial charge in [-0.2, -0.15) is 4.39 Å². The summed E-state index contributed by atoms with van der Waals surface area (Å²) in [6, 6.07) is 0.484. The maximum atomic E-state index is 13.8. The topological polar surface area (TPSA) is 40.5 Å². The van der Waals surface area contributed by atoms with E-state index in [1.807, 2.05) is 0 Å². The molecule has 0 bridgehead atoms. The largest absolute Gasteiger partial charge is 0.503 e. The molecule has 1 unspecified atom stereocenters. The standard InChI is InChI=1S/C14H15ClF3NO2/c15-4-3-8-2-1-5-19(7-8)14(21)9-6-10(16)12(18)13(20)11(9)17/h6,8,20H,1-5,7H2. The third-order valence-corrected chi connectivity index (χ3v) is 3.91. The Hall–Kier alpha value is -1.43. The van der Waals surface area contributed by atoms with Crippen LogP contribution in [-0.4, -0.2) is 34.9 Å². The molecule has 0 aromatic heterocycles. The highest BCUT2D eigenvalue weighted by molar-refractivity contribution is 6.17. The number of hydrogen-bond donors (Lipinski definition) is 1. The highest BCUT2D eigenvalue weighted by Crippen LogP contribution is 2.28. The second kappa shape index (κ2) is 6.56. The fourth-order valence-corrected chi connectivity index (χ4v) is 2.86. The number of halogens is 4. The van der Waals surface area contributed by atoms with Gasteiger partial charge in [-0.05, 0) is 31.2 Å². The first-order valence-electron chi connectivity index (χ1n) is 6.67. The Balaban J connectivity index is 2.24. The lowest BCUT2D eigenvalue weighted by atomic mass is 9.95. The van der Waals surface area contributed by atoms with Crippen LogP contribution >= 0.6 is 11.6 Å². The van der Waals surface area contributed by atoms with E-state index in [1.165, 1.54) is 4.90 Å². The van der Waals surface area contributed by atoms with Crippen LogP contribution in [-0.2, 0) is 0 Å². The molecule has 7 heteroatoms. The molecule has 0 aliphatic carbocycles. The summed E-state index contributed by atoms with van der Waals surface area (Å²) in [6.45, 7) is 0.807. The molecule has 1 saturated heterocycles. The summed E-state index contributed by atoms with van der Waals surface area (Å²) < 4.78 is 40.1. The smallest absolute Gasteiger partial charge is 0.257 e. The molecule has 1 amide bonds. The number of likely N-dealkylation sites (tertiary alicyclic amines) is 1. The maximum Gasteiger partial charge on any atom is 0.257 e. The van der Waals surface area contributed by atoms with Crippen LogP contribution in [0.4, 0.5) is 13.2 Å². The molecule has 3 nitrogen and oxygen atoms in total. The molecule has 1 aliphatic rings. The summed E-state index contributed by atoms with van der Waals surface area (Å²) in [4.78, 5) is 13.6. The highest BCUT2D eigenvalue weighted by atomic mass is 35.5. The molecular formula is C14H15ClF3NO2. The number of piperidine rings is 1. The van der Waals surface area contributed by atoms with E-state index in [2.05, 4.69) is 0 Å². The van der Waals surface area contributed by atoms with Crippen LogP contribution < -0.4 is 0 Å². The van der Waals surface area contributed by atoms with Crippen LogP contribution in [0.1, 0.15) is 29.6 Å². The Morgan fingerprint density at radius 2 is 2.10 bits per heavy atom. The molecule has 116 valence electrons. The minimum Gasteiger partial charge on any atom is -0.503 e. The third kappa shape index (κ3) is 3.26. The minimum atomic E-state index is -1.69. The molecule has 1 atom stereocenters. The lowest BCUT2D eigenvalue weighted by Gasteiger charge is -2.32. The van der Waals surface area contributed by atoms with Gasteiger partial charge in [-0.3, -0.25) is 4.79 Å². The lowest BCUT2D eigenvalue weighted by molar-refractivity contribution is 0.0665. The number of phenols is 1. The maximum absolute atomic E-state index is 13.8. The Morgan fingerprint density at radius 3 is 2.76 bits per heavy atom. The van der Waals surface area contributed by atoms with Crippen molar-refractivity contribution in [1.29, 1.82) is 0 Å². The van der Waals surface area contributed by atoms with Crippen molar-refractivity contribution in [3.8, 4) is 5.75 Å². The summed E-state index contributed by atoms with van der Waals surface area (Å²) in [7, 11) is 0. The minimum absolute atomic E-state index is 0.210. The average Bonchev–Trinajstić information content (AvgIpc) is 2.49. The number of alkyl halides is 1. The number of aromatic hydroxyl groups is 1. The third-order valence-electron chi connectivity index (χ3n) is 3.69. The molecule has 0 spiro atoms. The van der Waals surface area contributed by atoms with Gasteiger partial charge in [-0.25, -0.2) is 8.78 Å². The molecule has 1 aliphatic heterocycles. The summed E-state index contributed by atoms with van der Waals surface area (Å²) in [6.07, 6.45) is 2.39. The number of benzene rings is 1. The zero-order valence-corrected chi connectivity index (χ0v) is 12.0. The van der Waals surface area contributed by atoms with E-state index < -0.39 is 34.7 Å². The van der Waals surface area contributed by atoms with E-state index in [0.717, 1.165) is 19.3 Å². The van der Waals surface area contributed by atoms with Crippen LogP contribution in [0.3, 0.4) is 0 Å². The van der Waals surface area contributed by atoms with E-state index in [0.29, 0.717) is 25.0 Å². The normalized spacial score (nSPS) is 18.9. The van der Waals surface area contributed by atoms with Crippen LogP contribution in [0.5, 0.6) is 5.75 Å². The predicted molar refractivity (Wildman–Crippen MR) is 71.9 cm³/mol. The van der Waals surface area contributed by atoms with Gasteiger partial charge in [-0.15, -0.1) is 11.6 Å². The first-order valence-corrected chi connectivity index (χ1v) is 7.20. The Kier molecular flexibility index (Phi) is 4.98. The fraction of sp³-hybridized carbons (Fsp3) is 0.500. The van der Waals surface area contributed by atoms with Crippen LogP contribution in [0.15, 0.2) is 6.07 Å². The van der Waals surface area contributed by atoms with Crippen LogP contribution in [0.2, 0.25) is 0 Å². The zero-order chi connectivity index (χ0) is 15.6. The summed E-state index contributed by atoms with van der Waals surface area (Å²) >= 11 is 5.68. The van der Waals surface area contributed by atoms with Crippen molar-refractivity contribution in [2.75, 3.05) is 19.0 Å². The van der Waals surface area contributed by atoms with Gasteiger partial charge >= 0.3 is 0 Å². The first kappa shape index (κ1) is 15.9. The molecule has 1 aromatic rings. The van der Waals surface area contributed by atoms with Gasteiger partial charge in [0, 0.05) is 19.0 Å². The molecule has 21 heavy (non-hydrogen) atoms. The van der Waals surface area contributed by atoms with E-state index in [4.69, 9.17) is 11.6 Å². The van der Waals surface area contributed by atoms with Crippen molar-refractivity contribution in [2.24, 2.45) is 5.92 Å². The molecule has 1 aromatic carbocycles. The molecule has 0 radical (unpaired) electrons. The van der Waals surface area contributed by atoms with E-state index >= 15 is 0 Å². The molecule has 1 fully saturated rings. The molecule has 1 heterocycles. The highest BCUT2D eigenvalue weighted by Gasteiger charge is 2.29. The van der Waals surface area contributed by atoms with Crippen molar-refractivity contribution < 1.29 is 23.1 Å². The van der Waals surface area contributed by atoms with Crippen molar-refractivity contribution in [3.05, 3.63) is 29.1 Å². The van der Waals surface area contributed by atoms with Gasteiger partial charge in [0.15, 0.2) is 17.4 Å². The first-order chi connectivity index (χ1) is 9.95. The molecule has 0 saturated carbocycles. The Labute approximate surface area is 125 Å². The zero-order valence-electron chi connectivity index (χ0n) is 11.2. The summed E-state index contributed by atoms with van der Waals surface area (Å²) in [5.74, 6) is -6.11. The SMILES string of the molecule is O=C(c1cc(F)c(F)c(O)c1F)N1CCCC(CCCl)C1. The predicted octanol–water partition coefficient (Wildman–Crippen LogP) is 3.29. The quantitative estimate of drug-likeness (QED) is 0.685. The summed E-state index contributed by atoms with van der Waals surface area (Å²) in [5.41, 5.74) is -0.655. The van der Waals surface area contributed by atoms with Gasteiger partial charge in [0.25, 0.3) is 5.91 Å². The molecule has 2 rings (SSSR count). The van der Waals surface area contributed by atoms with Crippen molar-refractivity contribution in [3.63, 3.8) is 0 Å². The number of carbonyl (C=O) groups excluding carboxylic acids is 1. The summed E-state index contributed by atoms with van der Waals surface area (Å²) in [5, 5.41) is 9.17. The lowest BCUT2D eigenvalue weighted by Crippen LogP contribution is -2.40. The van der Waals surface area contributed by atoms with Crippen molar-refractivity contribution >= 4 is 17.5 Å². The van der Waals surface area contributed by atoms with Crippen LogP contribution in [0.25, 0.3) is 0 Å². The number of carbonyl (C=O) groups is 1. The van der Waals surface area contributed by atoms with Crippen molar-refractivity contribution in [1.82, 2.24) is 4.90 Å². The van der Waals surface area contributed by atoms with E-state index in [1.54, 1.807) is 0 Å². The number of rotatable bonds is 3. The Bertz CT molecular complexity index is 552. The van der Waals surface area contributed by atoms with Gasteiger partial charge < -0.3 is 10.0 Å². The number of amides is 1. The number of nitrogens with zero attached hydrogens (tertiary/aromatic N) is 1. The van der Waals surface area contributed by atoms with Crippen LogP contribution in [0, 0.1) is 23.4 Å². The molecule has 1 N–H and O–H groups in total. The van der Waals surface area contributed by atoms with Gasteiger partial charge in [-0.1, -0.05) is 0 Å². The number of hydrogen-bond acceptors (Lipinski definition) is 2. The van der Waals surface area contributed by atoms with Crippen molar-refractivity contribution in [2.45, 2.75) is 19.3 Å².